The molecule has 0 N–H and O–H groups in total. The third kappa shape index (κ3) is 5.20. The van der Waals surface area contributed by atoms with Crippen molar-refractivity contribution < 1.29 is 10.1 Å². The molecule has 0 rings (SSSR count). The van der Waals surface area contributed by atoms with Gasteiger partial charge in [-0.15, -0.1) is 0 Å². The van der Waals surface area contributed by atoms with Crippen LogP contribution in [0, 0.1) is 0 Å². The van der Waals surface area contributed by atoms with E-state index < -0.39 is 28.2 Å². The number of hydrogen-bond acceptors (Lipinski definition) is 3. The molecule has 0 saturated carbocycles. The van der Waals surface area contributed by atoms with E-state index in [1.54, 1.807) is 14.2 Å². The zero-order chi connectivity index (χ0) is 9.12. The molecule has 0 atom stereocenters. The first kappa shape index (κ1) is 11.9. The Hall–Kier alpha value is 0.915. The van der Waals surface area contributed by atoms with Crippen LogP contribution in [0.4, 0.5) is 0 Å². The molecule has 0 bridgehead atoms. The van der Waals surface area contributed by atoms with Crippen molar-refractivity contribution in [2.45, 2.75) is 22.8 Å². The molecule has 0 aliphatic heterocycles. The average Bonchev–Trinajstić information content (AvgIpc) is 1.86. The van der Waals surface area contributed by atoms with Crippen molar-refractivity contribution in [3.63, 3.8) is 0 Å². The molecule has 0 unspecified atom stereocenters. The fraction of sp³-hybridized carbons (Fsp3) is 1.00. The molecule has 0 aliphatic carbocycles. The molecule has 0 heterocycles. The fourth-order valence-corrected chi connectivity index (χ4v) is 12.2. The summed E-state index contributed by atoms with van der Waals surface area (Å²) in [6.45, 7) is 4.06. The first-order valence-corrected chi connectivity index (χ1v) is 13.5. The fourth-order valence-electron chi connectivity index (χ4n) is 0.604. The Morgan fingerprint density at radius 2 is 1.55 bits per heavy atom. The molecule has 0 aromatic heterocycles. The average molecular weight is 288 g/mol. The topological polar surface area (TPSA) is 27.7 Å². The van der Waals surface area contributed by atoms with Crippen molar-refractivity contribution in [3.8, 4) is 0 Å². The van der Waals surface area contributed by atoms with Gasteiger partial charge in [-0.1, -0.05) is 0 Å². The molecule has 0 amide bonds. The first-order valence-electron chi connectivity index (χ1n) is 3.48. The van der Waals surface area contributed by atoms with E-state index in [2.05, 4.69) is 9.74 Å². The second kappa shape index (κ2) is 4.24. The summed E-state index contributed by atoms with van der Waals surface area (Å²) in [5.41, 5.74) is 0. The van der Waals surface area contributed by atoms with E-state index in [0.717, 1.165) is 0 Å². The minimum absolute atomic E-state index is 1.70. The van der Waals surface area contributed by atoms with Crippen LogP contribution in [0.15, 0.2) is 0 Å². The molecular formula is C6H18O3SbSi. The maximum atomic E-state index is 5.82. The van der Waals surface area contributed by atoms with E-state index in [0.29, 0.717) is 0 Å². The van der Waals surface area contributed by atoms with Crippen LogP contribution in [0.2, 0.25) is 22.8 Å². The van der Waals surface area contributed by atoms with E-state index in [-0.39, 0.29) is 0 Å². The van der Waals surface area contributed by atoms with Gasteiger partial charge in [-0.3, -0.25) is 0 Å². The van der Waals surface area contributed by atoms with Crippen molar-refractivity contribution >= 4 is 28.2 Å². The van der Waals surface area contributed by atoms with Gasteiger partial charge in [-0.2, -0.15) is 0 Å². The predicted octanol–water partition coefficient (Wildman–Crippen LogP) is 1.70. The van der Waals surface area contributed by atoms with Crippen LogP contribution in [-0.2, 0) is 10.1 Å². The van der Waals surface area contributed by atoms with E-state index in [9.17, 15) is 0 Å². The zero-order valence-corrected chi connectivity index (χ0v) is 11.7. The van der Waals surface area contributed by atoms with Gasteiger partial charge in [0.25, 0.3) is 0 Å². The van der Waals surface area contributed by atoms with Gasteiger partial charge in [0.05, 0.1) is 0 Å². The summed E-state index contributed by atoms with van der Waals surface area (Å²) in [5.74, 6) is 0. The van der Waals surface area contributed by atoms with Crippen molar-refractivity contribution in [2.75, 3.05) is 14.2 Å². The van der Waals surface area contributed by atoms with Gasteiger partial charge in [0.1, 0.15) is 0 Å². The molecule has 11 heavy (non-hydrogen) atoms. The Kier molecular flexibility index (Phi) is 4.59. The Bertz CT molecular complexity index is 113. The SMILES string of the molecule is CO[Si](C)(C)[O][Sb]([CH3])([CH3])[O]C. The van der Waals surface area contributed by atoms with E-state index >= 15 is 0 Å². The van der Waals surface area contributed by atoms with Crippen LogP contribution >= 0.6 is 0 Å². The molecule has 5 heteroatoms. The normalized spacial score (nSPS) is 13.6. The predicted molar refractivity (Wildman–Crippen MR) is 50.1 cm³/mol. The van der Waals surface area contributed by atoms with E-state index in [1.165, 1.54) is 0 Å². The third-order valence-corrected chi connectivity index (χ3v) is 13.3. The van der Waals surface area contributed by atoms with Gasteiger partial charge in [-0.05, 0) is 0 Å². The molecule has 3 nitrogen and oxygen atoms in total. The Labute approximate surface area is 75.4 Å². The molecule has 0 aromatic rings. The molecular weight excluding hydrogens is 270 g/mol. The van der Waals surface area contributed by atoms with Crippen LogP contribution in [0.25, 0.3) is 0 Å². The van der Waals surface area contributed by atoms with E-state index in [4.69, 9.17) is 10.1 Å². The Morgan fingerprint density at radius 3 is 1.82 bits per heavy atom. The van der Waals surface area contributed by atoms with Crippen LogP contribution < -0.4 is 0 Å². The van der Waals surface area contributed by atoms with Gasteiger partial charge >= 0.3 is 75.4 Å². The zero-order valence-electron chi connectivity index (χ0n) is 8.17. The molecule has 0 aromatic carbocycles. The van der Waals surface area contributed by atoms with Gasteiger partial charge < -0.3 is 0 Å². The minimum atomic E-state index is -2.50. The molecule has 0 saturated heterocycles. The summed E-state index contributed by atoms with van der Waals surface area (Å²) >= 11 is -2.50. The Morgan fingerprint density at radius 1 is 1.09 bits per heavy atom. The third-order valence-electron chi connectivity index (χ3n) is 1.37. The Balaban J connectivity index is 4.02. The number of rotatable bonds is 4. The summed E-state index contributed by atoms with van der Waals surface area (Å²) in [5, 5.41) is 0. The van der Waals surface area contributed by atoms with Crippen molar-refractivity contribution in [1.29, 1.82) is 0 Å². The summed E-state index contributed by atoms with van der Waals surface area (Å²) < 4.78 is 16.4. The summed E-state index contributed by atoms with van der Waals surface area (Å²) in [6, 6.07) is 0. The monoisotopic (exact) mass is 287 g/mol. The van der Waals surface area contributed by atoms with Gasteiger partial charge in [0, 0.05) is 0 Å². The van der Waals surface area contributed by atoms with Crippen LogP contribution in [0.1, 0.15) is 0 Å². The van der Waals surface area contributed by atoms with Crippen LogP contribution in [-0.4, -0.2) is 42.4 Å². The molecule has 0 fully saturated rings. The molecule has 0 spiro atoms. The summed E-state index contributed by atoms with van der Waals surface area (Å²) in [4.78, 5) is 4.15. The van der Waals surface area contributed by atoms with Crippen LogP contribution in [0.5, 0.6) is 0 Å². The maximum absolute atomic E-state index is 5.82. The summed E-state index contributed by atoms with van der Waals surface area (Å²) in [7, 11) is 1.54. The molecule has 0 aliphatic rings. The van der Waals surface area contributed by atoms with Gasteiger partial charge in [-0.25, -0.2) is 0 Å². The van der Waals surface area contributed by atoms with Gasteiger partial charge in [0.2, 0.25) is 0 Å². The molecule has 1 radical (unpaired) electrons. The van der Waals surface area contributed by atoms with Crippen molar-refractivity contribution in [1.82, 2.24) is 0 Å². The number of hydrogen-bond donors (Lipinski definition) is 0. The van der Waals surface area contributed by atoms with Crippen molar-refractivity contribution in [2.24, 2.45) is 0 Å². The molecule has 69 valence electrons. The van der Waals surface area contributed by atoms with Crippen LogP contribution in [0.3, 0.4) is 0 Å². The first-order chi connectivity index (χ1) is 4.83. The quantitative estimate of drug-likeness (QED) is 0.737. The van der Waals surface area contributed by atoms with Crippen molar-refractivity contribution in [3.05, 3.63) is 0 Å². The standard InChI is InChI=1S/C3H9O2Si.CH3O.2CH3.Sb/c1-5-6(2,3)4;1-2;;;/h1-3H3;1H3;2*1H3;/q2*-1;;;+2. The second-order valence-electron chi connectivity index (χ2n) is 3.13. The summed E-state index contributed by atoms with van der Waals surface area (Å²) in [6.07, 6.45) is 0. The van der Waals surface area contributed by atoms with E-state index in [1.807, 2.05) is 13.1 Å². The van der Waals surface area contributed by atoms with Gasteiger partial charge in [0.15, 0.2) is 0 Å². The second-order valence-corrected chi connectivity index (χ2v) is 16.3.